The topological polar surface area (TPSA) is 0 Å². The van der Waals surface area contributed by atoms with E-state index in [9.17, 15) is 0 Å². The Kier molecular flexibility index (Phi) is 3.86. The van der Waals surface area contributed by atoms with Gasteiger partial charge in [0.2, 0.25) is 0 Å². The first-order chi connectivity index (χ1) is 8.58. The van der Waals surface area contributed by atoms with Crippen LogP contribution in [-0.2, 0) is 0 Å². The van der Waals surface area contributed by atoms with E-state index in [0.717, 1.165) is 12.8 Å². The van der Waals surface area contributed by atoms with Gasteiger partial charge in [0.1, 0.15) is 0 Å². The fourth-order valence-corrected chi connectivity index (χ4v) is 2.26. The van der Waals surface area contributed by atoms with Crippen molar-refractivity contribution in [3.05, 3.63) is 69.9 Å². The second kappa shape index (κ2) is 5.39. The van der Waals surface area contributed by atoms with E-state index in [1.54, 1.807) is 0 Å². The maximum Gasteiger partial charge on any atom is -0.00889 e. The molecule has 0 aromatic heterocycles. The second-order valence-electron chi connectivity index (χ2n) is 5.44. The molecule has 94 valence electrons. The summed E-state index contributed by atoms with van der Waals surface area (Å²) in [4.78, 5) is 0. The van der Waals surface area contributed by atoms with Crippen molar-refractivity contribution in [2.45, 2.75) is 40.5 Å². The highest BCUT2D eigenvalue weighted by Gasteiger charge is 2.08. The molecule has 0 aromatic rings. The molecule has 0 saturated heterocycles. The molecule has 2 rings (SSSR count). The zero-order valence-corrected chi connectivity index (χ0v) is 11.9. The van der Waals surface area contributed by atoms with Crippen LogP contribution < -0.4 is 0 Å². The van der Waals surface area contributed by atoms with E-state index in [0.29, 0.717) is 0 Å². The van der Waals surface area contributed by atoms with E-state index in [1.165, 1.54) is 33.4 Å². The van der Waals surface area contributed by atoms with Crippen molar-refractivity contribution in [3.8, 4) is 0 Å². The minimum Gasteiger partial charge on any atom is -0.0729 e. The summed E-state index contributed by atoms with van der Waals surface area (Å²) in [6.07, 6.45) is 15.8. The van der Waals surface area contributed by atoms with E-state index in [4.69, 9.17) is 0 Å². The standard InChI is InChI=1S/C18H22/c1-13(2)15-5-9-17(10-6-15)18-11-7-16(8-12-18)14(3)4/h5,7,9-12H,6,8H2,1-4H3. The zero-order valence-electron chi connectivity index (χ0n) is 11.9. The third-order valence-corrected chi connectivity index (χ3v) is 3.63. The molecule has 0 atom stereocenters. The Morgan fingerprint density at radius 3 is 1.28 bits per heavy atom. The molecule has 0 heterocycles. The molecule has 0 unspecified atom stereocenters. The van der Waals surface area contributed by atoms with Crippen LogP contribution in [0, 0.1) is 0 Å². The van der Waals surface area contributed by atoms with Crippen LogP contribution in [0.5, 0.6) is 0 Å². The van der Waals surface area contributed by atoms with Gasteiger partial charge in [0.25, 0.3) is 0 Å². The Morgan fingerprint density at radius 2 is 1.06 bits per heavy atom. The molecule has 0 bridgehead atoms. The maximum absolute atomic E-state index is 2.34. The molecule has 0 aliphatic heterocycles. The normalized spacial score (nSPS) is 18.7. The highest BCUT2D eigenvalue weighted by molar-refractivity contribution is 5.54. The number of rotatable bonds is 1. The van der Waals surface area contributed by atoms with Crippen LogP contribution in [0.15, 0.2) is 69.9 Å². The Bertz CT molecular complexity index is 470. The Hall–Kier alpha value is -1.56. The first kappa shape index (κ1) is 12.9. The summed E-state index contributed by atoms with van der Waals surface area (Å²) in [5.41, 5.74) is 8.46. The third-order valence-electron chi connectivity index (χ3n) is 3.63. The molecule has 18 heavy (non-hydrogen) atoms. The minimum absolute atomic E-state index is 1.06. The third kappa shape index (κ3) is 2.81. The van der Waals surface area contributed by atoms with Gasteiger partial charge in [0.05, 0.1) is 0 Å². The average molecular weight is 238 g/mol. The Labute approximate surface area is 111 Å². The van der Waals surface area contributed by atoms with Gasteiger partial charge in [-0.3, -0.25) is 0 Å². The van der Waals surface area contributed by atoms with E-state index in [-0.39, 0.29) is 0 Å². The molecule has 0 aromatic carbocycles. The minimum atomic E-state index is 1.06. The van der Waals surface area contributed by atoms with Crippen molar-refractivity contribution in [3.63, 3.8) is 0 Å². The fourth-order valence-electron chi connectivity index (χ4n) is 2.26. The van der Waals surface area contributed by atoms with Gasteiger partial charge in [0, 0.05) is 0 Å². The van der Waals surface area contributed by atoms with Gasteiger partial charge in [0.15, 0.2) is 0 Å². The molecule has 0 spiro atoms. The molecule has 0 fully saturated rings. The van der Waals surface area contributed by atoms with Crippen molar-refractivity contribution < 1.29 is 0 Å². The van der Waals surface area contributed by atoms with Crippen LogP contribution in [0.4, 0.5) is 0 Å². The highest BCUT2D eigenvalue weighted by atomic mass is 14.1. The van der Waals surface area contributed by atoms with Crippen LogP contribution >= 0.6 is 0 Å². The first-order valence-electron chi connectivity index (χ1n) is 6.67. The Morgan fingerprint density at radius 1 is 0.667 bits per heavy atom. The molecule has 0 saturated carbocycles. The van der Waals surface area contributed by atoms with Gasteiger partial charge in [-0.05, 0) is 62.8 Å². The lowest BCUT2D eigenvalue weighted by molar-refractivity contribution is 1.13. The van der Waals surface area contributed by atoms with Crippen LogP contribution in [0.3, 0.4) is 0 Å². The fraction of sp³-hybridized carbons (Fsp3) is 0.333. The second-order valence-corrected chi connectivity index (χ2v) is 5.44. The van der Waals surface area contributed by atoms with E-state index >= 15 is 0 Å². The van der Waals surface area contributed by atoms with Crippen LogP contribution in [0.1, 0.15) is 40.5 Å². The van der Waals surface area contributed by atoms with E-state index < -0.39 is 0 Å². The summed E-state index contributed by atoms with van der Waals surface area (Å²) >= 11 is 0. The molecule has 0 radical (unpaired) electrons. The van der Waals surface area contributed by atoms with Crippen molar-refractivity contribution >= 4 is 0 Å². The van der Waals surface area contributed by atoms with Crippen molar-refractivity contribution in [2.75, 3.05) is 0 Å². The number of hydrogen-bond donors (Lipinski definition) is 0. The lowest BCUT2D eigenvalue weighted by Crippen LogP contribution is -1.96. The zero-order chi connectivity index (χ0) is 13.1. The summed E-state index contributed by atoms with van der Waals surface area (Å²) < 4.78 is 0. The van der Waals surface area contributed by atoms with Gasteiger partial charge in [-0.2, -0.15) is 0 Å². The van der Waals surface area contributed by atoms with Crippen molar-refractivity contribution in [1.82, 2.24) is 0 Å². The predicted octanol–water partition coefficient (Wildman–Crippen LogP) is 5.43. The molecule has 0 amide bonds. The first-order valence-corrected chi connectivity index (χ1v) is 6.67. The molecule has 2 aliphatic rings. The predicted molar refractivity (Wildman–Crippen MR) is 80.4 cm³/mol. The molecule has 2 aliphatic carbocycles. The maximum atomic E-state index is 2.34. The largest absolute Gasteiger partial charge is 0.0729 e. The van der Waals surface area contributed by atoms with Gasteiger partial charge in [-0.15, -0.1) is 0 Å². The SMILES string of the molecule is CC(C)=C1C=CC(C2=CCC(=C(C)C)C=C2)=CC1. The molecule has 0 nitrogen and oxygen atoms in total. The molecule has 0 heteroatoms. The summed E-state index contributed by atoms with van der Waals surface area (Å²) in [6, 6.07) is 0. The van der Waals surface area contributed by atoms with Gasteiger partial charge in [-0.25, -0.2) is 0 Å². The highest BCUT2D eigenvalue weighted by Crippen LogP contribution is 2.28. The smallest absolute Gasteiger partial charge is 0.00889 e. The van der Waals surface area contributed by atoms with Gasteiger partial charge >= 0.3 is 0 Å². The monoisotopic (exact) mass is 238 g/mol. The summed E-state index contributed by atoms with van der Waals surface area (Å²) in [6.45, 7) is 8.72. The number of hydrogen-bond acceptors (Lipinski definition) is 0. The molecular formula is C18H22. The summed E-state index contributed by atoms with van der Waals surface area (Å²) in [5.74, 6) is 0. The van der Waals surface area contributed by atoms with Crippen LogP contribution in [0.2, 0.25) is 0 Å². The van der Waals surface area contributed by atoms with E-state index in [2.05, 4.69) is 64.2 Å². The van der Waals surface area contributed by atoms with Crippen LogP contribution in [-0.4, -0.2) is 0 Å². The molecular weight excluding hydrogens is 216 g/mol. The lowest BCUT2D eigenvalue weighted by atomic mass is 9.90. The van der Waals surface area contributed by atoms with E-state index in [1.807, 2.05) is 0 Å². The van der Waals surface area contributed by atoms with Crippen molar-refractivity contribution in [2.24, 2.45) is 0 Å². The number of allylic oxidation sites excluding steroid dienone is 12. The lowest BCUT2D eigenvalue weighted by Gasteiger charge is -2.15. The Balaban J connectivity index is 2.14. The van der Waals surface area contributed by atoms with Gasteiger partial charge in [-0.1, -0.05) is 47.6 Å². The quantitative estimate of drug-likeness (QED) is 0.571. The van der Waals surface area contributed by atoms with Crippen molar-refractivity contribution in [1.29, 1.82) is 0 Å². The van der Waals surface area contributed by atoms with Gasteiger partial charge < -0.3 is 0 Å². The average Bonchev–Trinajstić information content (AvgIpc) is 2.39. The summed E-state index contributed by atoms with van der Waals surface area (Å²) in [7, 11) is 0. The molecule has 0 N–H and O–H groups in total. The van der Waals surface area contributed by atoms with Crippen LogP contribution in [0.25, 0.3) is 0 Å². The summed E-state index contributed by atoms with van der Waals surface area (Å²) in [5, 5.41) is 0.